The Hall–Kier alpha value is -1.07. The van der Waals surface area contributed by atoms with Crippen molar-refractivity contribution in [3.05, 3.63) is 15.8 Å². The van der Waals surface area contributed by atoms with Crippen LogP contribution in [0.15, 0.2) is 6.07 Å². The highest BCUT2D eigenvalue weighted by atomic mass is 32.1. The summed E-state index contributed by atoms with van der Waals surface area (Å²) in [5, 5.41) is 8.95. The number of ether oxygens (including phenoxy) is 1. The van der Waals surface area contributed by atoms with Crippen molar-refractivity contribution in [2.24, 2.45) is 0 Å². The molecule has 1 aromatic heterocycles. The van der Waals surface area contributed by atoms with Gasteiger partial charge in [-0.05, 0) is 33.5 Å². The second kappa shape index (κ2) is 5.86. The van der Waals surface area contributed by atoms with Crippen LogP contribution in [0.3, 0.4) is 0 Å². The first-order valence-corrected chi connectivity index (χ1v) is 5.93. The Balaban J connectivity index is 2.50. The molecule has 0 fully saturated rings. The number of aryl methyl sites for hydroxylation is 1. The van der Waals surface area contributed by atoms with Crippen molar-refractivity contribution < 1.29 is 14.6 Å². The lowest BCUT2D eigenvalue weighted by Crippen LogP contribution is -2.15. The lowest BCUT2D eigenvalue weighted by Gasteiger charge is -2.09. The summed E-state index contributed by atoms with van der Waals surface area (Å²) in [6.07, 6.45) is 0.890. The van der Waals surface area contributed by atoms with E-state index in [0.29, 0.717) is 17.2 Å². The van der Waals surface area contributed by atoms with Crippen LogP contribution in [-0.4, -0.2) is 43.2 Å². The summed E-state index contributed by atoms with van der Waals surface area (Å²) in [5.74, 6) is -0.422. The fraction of sp³-hybridized carbons (Fsp3) is 0.545. The lowest BCUT2D eigenvalue weighted by atomic mass is 10.4. The number of rotatable bonds is 6. The molecule has 0 spiro atoms. The van der Waals surface area contributed by atoms with E-state index in [4.69, 9.17) is 9.84 Å². The fourth-order valence-corrected chi connectivity index (χ4v) is 2.10. The van der Waals surface area contributed by atoms with E-state index in [0.717, 1.165) is 17.8 Å². The normalized spacial score (nSPS) is 10.8. The molecule has 0 bridgehead atoms. The van der Waals surface area contributed by atoms with Crippen molar-refractivity contribution in [2.45, 2.75) is 13.3 Å². The summed E-state index contributed by atoms with van der Waals surface area (Å²) in [4.78, 5) is 14.2. The zero-order chi connectivity index (χ0) is 12.1. The quantitative estimate of drug-likeness (QED) is 0.777. The van der Waals surface area contributed by atoms with Crippen LogP contribution in [0.25, 0.3) is 0 Å². The molecule has 1 rings (SSSR count). The van der Waals surface area contributed by atoms with Gasteiger partial charge in [-0.15, -0.1) is 11.3 Å². The predicted molar refractivity (Wildman–Crippen MR) is 64.7 cm³/mol. The maximum Gasteiger partial charge on any atom is 0.349 e. The van der Waals surface area contributed by atoms with E-state index in [1.807, 2.05) is 21.0 Å². The van der Waals surface area contributed by atoms with Gasteiger partial charge < -0.3 is 14.7 Å². The molecule has 90 valence electrons. The van der Waals surface area contributed by atoms with Gasteiger partial charge in [-0.3, -0.25) is 0 Å². The molecule has 5 heteroatoms. The van der Waals surface area contributed by atoms with Crippen LogP contribution in [0, 0.1) is 6.92 Å². The lowest BCUT2D eigenvalue weighted by molar-refractivity contribution is 0.0698. The van der Waals surface area contributed by atoms with Crippen LogP contribution >= 0.6 is 11.3 Å². The molecule has 1 heterocycles. The van der Waals surface area contributed by atoms with Crippen LogP contribution in [-0.2, 0) is 0 Å². The number of nitrogens with zero attached hydrogens (tertiary/aromatic N) is 1. The Morgan fingerprint density at radius 2 is 2.25 bits per heavy atom. The molecular formula is C11H17NO3S. The number of carbonyl (C=O) groups is 1. The van der Waals surface area contributed by atoms with Gasteiger partial charge in [-0.1, -0.05) is 0 Å². The van der Waals surface area contributed by atoms with Gasteiger partial charge >= 0.3 is 5.97 Å². The molecule has 0 aliphatic carbocycles. The minimum atomic E-state index is -0.916. The second-order valence-electron chi connectivity index (χ2n) is 3.86. The second-order valence-corrected chi connectivity index (χ2v) is 5.12. The molecule has 0 atom stereocenters. The average Bonchev–Trinajstić information content (AvgIpc) is 2.54. The van der Waals surface area contributed by atoms with E-state index in [9.17, 15) is 4.79 Å². The first-order valence-electron chi connectivity index (χ1n) is 5.12. The first-order chi connectivity index (χ1) is 7.50. The summed E-state index contributed by atoms with van der Waals surface area (Å²) in [7, 11) is 3.99. The van der Waals surface area contributed by atoms with E-state index in [2.05, 4.69) is 4.90 Å². The van der Waals surface area contributed by atoms with Crippen molar-refractivity contribution >= 4 is 17.3 Å². The zero-order valence-electron chi connectivity index (χ0n) is 9.82. The summed E-state index contributed by atoms with van der Waals surface area (Å²) in [6.45, 7) is 3.37. The van der Waals surface area contributed by atoms with Gasteiger partial charge in [0.25, 0.3) is 0 Å². The molecule has 0 aliphatic rings. The van der Waals surface area contributed by atoms with Gasteiger partial charge in [0, 0.05) is 11.4 Å². The van der Waals surface area contributed by atoms with Crippen molar-refractivity contribution in [3.8, 4) is 5.75 Å². The third kappa shape index (κ3) is 3.83. The predicted octanol–water partition coefficient (Wildman–Crippen LogP) is 2.09. The van der Waals surface area contributed by atoms with Crippen molar-refractivity contribution in [3.63, 3.8) is 0 Å². The highest BCUT2D eigenvalue weighted by Gasteiger charge is 2.14. The number of thiophene rings is 1. The monoisotopic (exact) mass is 243 g/mol. The summed E-state index contributed by atoms with van der Waals surface area (Å²) in [6, 6.07) is 1.78. The van der Waals surface area contributed by atoms with E-state index >= 15 is 0 Å². The summed E-state index contributed by atoms with van der Waals surface area (Å²) < 4.78 is 5.47. The third-order valence-corrected chi connectivity index (χ3v) is 3.04. The van der Waals surface area contributed by atoms with Gasteiger partial charge in [-0.2, -0.15) is 0 Å². The van der Waals surface area contributed by atoms with Crippen molar-refractivity contribution in [1.82, 2.24) is 4.90 Å². The highest BCUT2D eigenvalue weighted by molar-refractivity contribution is 7.14. The Morgan fingerprint density at radius 3 is 2.81 bits per heavy atom. The van der Waals surface area contributed by atoms with Crippen molar-refractivity contribution in [2.75, 3.05) is 27.2 Å². The van der Waals surface area contributed by atoms with Gasteiger partial charge in [0.15, 0.2) is 4.88 Å². The molecule has 16 heavy (non-hydrogen) atoms. The molecule has 1 aromatic rings. The fourth-order valence-electron chi connectivity index (χ4n) is 1.31. The number of hydrogen-bond acceptors (Lipinski definition) is 4. The average molecular weight is 243 g/mol. The Labute approximate surface area is 99.5 Å². The number of hydrogen-bond donors (Lipinski definition) is 1. The van der Waals surface area contributed by atoms with Crippen LogP contribution in [0.1, 0.15) is 21.0 Å². The molecule has 4 nitrogen and oxygen atoms in total. The van der Waals surface area contributed by atoms with Crippen molar-refractivity contribution in [1.29, 1.82) is 0 Å². The molecule has 0 amide bonds. The minimum absolute atomic E-state index is 0.294. The van der Waals surface area contributed by atoms with Crippen LogP contribution in [0.4, 0.5) is 0 Å². The first kappa shape index (κ1) is 13.0. The van der Waals surface area contributed by atoms with Gasteiger partial charge in [-0.25, -0.2) is 4.79 Å². The summed E-state index contributed by atoms with van der Waals surface area (Å²) in [5.41, 5.74) is 0. The van der Waals surface area contributed by atoms with Crippen LogP contribution in [0.5, 0.6) is 5.75 Å². The molecule has 1 N–H and O–H groups in total. The minimum Gasteiger partial charge on any atom is -0.492 e. The molecule has 0 unspecified atom stereocenters. The number of carboxylic acid groups (broad SMARTS) is 1. The Morgan fingerprint density at radius 1 is 1.56 bits per heavy atom. The Kier molecular flexibility index (Phi) is 4.76. The molecule has 0 saturated carbocycles. The smallest absolute Gasteiger partial charge is 0.349 e. The summed E-state index contributed by atoms with van der Waals surface area (Å²) >= 11 is 1.25. The third-order valence-electron chi connectivity index (χ3n) is 2.02. The van der Waals surface area contributed by atoms with Crippen LogP contribution < -0.4 is 4.74 Å². The Bertz CT molecular complexity index is 360. The molecular weight excluding hydrogens is 226 g/mol. The van der Waals surface area contributed by atoms with E-state index in [-0.39, 0.29) is 0 Å². The highest BCUT2D eigenvalue weighted by Crippen LogP contribution is 2.28. The van der Waals surface area contributed by atoms with Gasteiger partial charge in [0.1, 0.15) is 5.75 Å². The maximum atomic E-state index is 10.9. The van der Waals surface area contributed by atoms with Gasteiger partial charge in [0.05, 0.1) is 6.61 Å². The van der Waals surface area contributed by atoms with E-state index < -0.39 is 5.97 Å². The topological polar surface area (TPSA) is 49.8 Å². The molecule has 0 aromatic carbocycles. The number of aromatic carboxylic acids is 1. The standard InChI is InChI=1S/C11H17NO3S/c1-8-7-9(10(16-8)11(13)14)15-6-4-5-12(2)3/h7H,4-6H2,1-3H3,(H,13,14). The van der Waals surface area contributed by atoms with Gasteiger partial charge in [0.2, 0.25) is 0 Å². The van der Waals surface area contributed by atoms with E-state index in [1.165, 1.54) is 11.3 Å². The SMILES string of the molecule is Cc1cc(OCCCN(C)C)c(C(=O)O)s1. The largest absolute Gasteiger partial charge is 0.492 e. The molecule has 0 saturated heterocycles. The van der Waals surface area contributed by atoms with Crippen LogP contribution in [0.2, 0.25) is 0 Å². The van der Waals surface area contributed by atoms with E-state index in [1.54, 1.807) is 6.07 Å². The zero-order valence-corrected chi connectivity index (χ0v) is 10.6. The maximum absolute atomic E-state index is 10.9. The molecule has 0 radical (unpaired) electrons. The molecule has 0 aliphatic heterocycles. The number of carboxylic acids is 1.